The first-order valence-electron chi connectivity index (χ1n) is 6.30. The van der Waals surface area contributed by atoms with Crippen LogP contribution in [0.15, 0.2) is 24.3 Å². The smallest absolute Gasteiger partial charge is 0.244 e. The lowest BCUT2D eigenvalue weighted by Gasteiger charge is -2.38. The van der Waals surface area contributed by atoms with Crippen LogP contribution in [0.4, 0.5) is 5.69 Å². The fourth-order valence-corrected chi connectivity index (χ4v) is 2.33. The molecule has 1 atom stereocenters. The Kier molecular flexibility index (Phi) is 4.15. The SMILES string of the molecule is CN1CCN(c2ccc(C#N)cc2)C(=O)C1CCO. The van der Waals surface area contributed by atoms with E-state index in [1.54, 1.807) is 29.2 Å². The minimum atomic E-state index is -0.269. The van der Waals surface area contributed by atoms with E-state index in [4.69, 9.17) is 10.4 Å². The Bertz CT molecular complexity index is 492. The molecule has 1 aromatic rings. The fourth-order valence-electron chi connectivity index (χ4n) is 2.33. The number of carbonyl (C=O) groups excluding carboxylic acids is 1. The van der Waals surface area contributed by atoms with Gasteiger partial charge in [-0.2, -0.15) is 5.26 Å². The molecule has 2 rings (SSSR count). The number of aliphatic hydroxyl groups excluding tert-OH is 1. The number of anilines is 1. The first kappa shape index (κ1) is 13.5. The molecule has 1 saturated heterocycles. The number of amides is 1. The van der Waals surface area contributed by atoms with Crippen LogP contribution in [0.2, 0.25) is 0 Å². The molecule has 0 aromatic heterocycles. The highest BCUT2D eigenvalue weighted by molar-refractivity contribution is 5.98. The van der Waals surface area contributed by atoms with Gasteiger partial charge >= 0.3 is 0 Å². The lowest BCUT2D eigenvalue weighted by molar-refractivity contribution is -0.125. The first-order valence-corrected chi connectivity index (χ1v) is 6.30. The van der Waals surface area contributed by atoms with Crippen molar-refractivity contribution in [3.8, 4) is 6.07 Å². The van der Waals surface area contributed by atoms with Crippen molar-refractivity contribution in [2.75, 3.05) is 31.6 Å². The summed E-state index contributed by atoms with van der Waals surface area (Å²) in [5.41, 5.74) is 1.39. The average molecular weight is 259 g/mol. The van der Waals surface area contributed by atoms with Gasteiger partial charge in [-0.25, -0.2) is 0 Å². The van der Waals surface area contributed by atoms with Gasteiger partial charge < -0.3 is 10.0 Å². The van der Waals surface area contributed by atoms with Crippen LogP contribution in [0.1, 0.15) is 12.0 Å². The van der Waals surface area contributed by atoms with Crippen molar-refractivity contribution >= 4 is 11.6 Å². The van der Waals surface area contributed by atoms with Gasteiger partial charge in [-0.3, -0.25) is 9.69 Å². The van der Waals surface area contributed by atoms with Crippen molar-refractivity contribution in [3.63, 3.8) is 0 Å². The molecule has 1 heterocycles. The molecular formula is C14H17N3O2. The summed E-state index contributed by atoms with van der Waals surface area (Å²) in [6, 6.07) is 8.79. The number of nitriles is 1. The summed E-state index contributed by atoms with van der Waals surface area (Å²) in [5.74, 6) is 0.00695. The van der Waals surface area contributed by atoms with Gasteiger partial charge in [-0.05, 0) is 37.7 Å². The van der Waals surface area contributed by atoms with Gasteiger partial charge in [0.25, 0.3) is 0 Å². The van der Waals surface area contributed by atoms with Gasteiger partial charge in [-0.1, -0.05) is 0 Å². The van der Waals surface area contributed by atoms with Gasteiger partial charge in [0.2, 0.25) is 5.91 Å². The minimum Gasteiger partial charge on any atom is -0.396 e. The zero-order valence-corrected chi connectivity index (χ0v) is 10.9. The van der Waals surface area contributed by atoms with E-state index in [0.717, 1.165) is 12.2 Å². The molecule has 1 fully saturated rings. The predicted molar refractivity (Wildman–Crippen MR) is 71.6 cm³/mol. The molecule has 5 nitrogen and oxygen atoms in total. The van der Waals surface area contributed by atoms with Crippen molar-refractivity contribution in [2.24, 2.45) is 0 Å². The summed E-state index contributed by atoms with van der Waals surface area (Å²) in [5, 5.41) is 17.8. The number of piperazine rings is 1. The van der Waals surface area contributed by atoms with E-state index >= 15 is 0 Å². The van der Waals surface area contributed by atoms with Gasteiger partial charge in [0.15, 0.2) is 0 Å². The van der Waals surface area contributed by atoms with Crippen molar-refractivity contribution < 1.29 is 9.90 Å². The summed E-state index contributed by atoms with van der Waals surface area (Å²) in [6.07, 6.45) is 0.447. The zero-order chi connectivity index (χ0) is 13.8. The second kappa shape index (κ2) is 5.83. The van der Waals surface area contributed by atoms with Crippen LogP contribution in [0, 0.1) is 11.3 Å². The Balaban J connectivity index is 2.19. The Morgan fingerprint density at radius 3 is 2.63 bits per heavy atom. The van der Waals surface area contributed by atoms with Crippen LogP contribution in [0.5, 0.6) is 0 Å². The van der Waals surface area contributed by atoms with Gasteiger partial charge in [0, 0.05) is 25.4 Å². The molecule has 0 spiro atoms. The monoisotopic (exact) mass is 259 g/mol. The largest absolute Gasteiger partial charge is 0.396 e. The maximum atomic E-state index is 12.4. The van der Waals surface area contributed by atoms with E-state index in [9.17, 15) is 4.79 Å². The molecule has 0 saturated carbocycles. The third-order valence-electron chi connectivity index (χ3n) is 3.47. The lowest BCUT2D eigenvalue weighted by Crippen LogP contribution is -2.56. The highest BCUT2D eigenvalue weighted by Gasteiger charge is 2.32. The molecule has 1 aliphatic heterocycles. The second-order valence-corrected chi connectivity index (χ2v) is 4.66. The molecule has 1 N–H and O–H groups in total. The Labute approximate surface area is 112 Å². The fraction of sp³-hybridized carbons (Fsp3) is 0.429. The van der Waals surface area contributed by atoms with Crippen LogP contribution in [-0.4, -0.2) is 48.7 Å². The normalized spacial score (nSPS) is 20.4. The molecule has 0 aliphatic carbocycles. The highest BCUT2D eigenvalue weighted by Crippen LogP contribution is 2.21. The molecule has 19 heavy (non-hydrogen) atoms. The molecule has 1 unspecified atom stereocenters. The van der Waals surface area contributed by atoms with E-state index in [0.29, 0.717) is 18.5 Å². The maximum Gasteiger partial charge on any atom is 0.244 e. The Hall–Kier alpha value is -1.90. The van der Waals surface area contributed by atoms with E-state index in [1.165, 1.54) is 0 Å². The van der Waals surface area contributed by atoms with Crippen molar-refractivity contribution in [1.29, 1.82) is 5.26 Å². The molecular weight excluding hydrogens is 242 g/mol. The predicted octanol–water partition coefficient (Wildman–Crippen LogP) is 0.588. The van der Waals surface area contributed by atoms with E-state index < -0.39 is 0 Å². The maximum absolute atomic E-state index is 12.4. The third-order valence-corrected chi connectivity index (χ3v) is 3.47. The minimum absolute atomic E-state index is 0.00194. The number of hydrogen-bond acceptors (Lipinski definition) is 4. The Morgan fingerprint density at radius 1 is 1.37 bits per heavy atom. The molecule has 1 amide bonds. The van der Waals surface area contributed by atoms with Gasteiger partial charge in [0.1, 0.15) is 0 Å². The average Bonchev–Trinajstić information content (AvgIpc) is 2.44. The molecule has 1 aliphatic rings. The van der Waals surface area contributed by atoms with Crippen LogP contribution < -0.4 is 4.90 Å². The first-order chi connectivity index (χ1) is 9.17. The number of aliphatic hydroxyl groups is 1. The van der Waals surface area contributed by atoms with Gasteiger partial charge in [-0.15, -0.1) is 0 Å². The van der Waals surface area contributed by atoms with Crippen LogP contribution in [0.3, 0.4) is 0 Å². The second-order valence-electron chi connectivity index (χ2n) is 4.66. The zero-order valence-electron chi connectivity index (χ0n) is 10.9. The summed E-state index contributed by atoms with van der Waals surface area (Å²) in [6.45, 7) is 1.40. The van der Waals surface area contributed by atoms with Crippen molar-refractivity contribution in [1.82, 2.24) is 4.90 Å². The third kappa shape index (κ3) is 2.75. The standard InChI is InChI=1S/C14H17N3O2/c1-16-7-8-17(14(19)13(16)6-9-18)12-4-2-11(10-15)3-5-12/h2-5,13,18H,6-9H2,1H3. The number of rotatable bonds is 3. The molecule has 1 aromatic carbocycles. The summed E-state index contributed by atoms with van der Waals surface area (Å²) in [4.78, 5) is 16.1. The number of benzene rings is 1. The quantitative estimate of drug-likeness (QED) is 0.862. The molecule has 0 bridgehead atoms. The van der Waals surface area contributed by atoms with Gasteiger partial charge in [0.05, 0.1) is 17.7 Å². The van der Waals surface area contributed by atoms with Crippen molar-refractivity contribution in [2.45, 2.75) is 12.5 Å². The van der Waals surface area contributed by atoms with E-state index in [2.05, 4.69) is 6.07 Å². The number of hydrogen-bond donors (Lipinski definition) is 1. The molecule has 100 valence electrons. The molecule has 5 heteroatoms. The summed E-state index contributed by atoms with van der Waals surface area (Å²) >= 11 is 0. The van der Waals surface area contributed by atoms with E-state index in [1.807, 2.05) is 11.9 Å². The number of likely N-dealkylation sites (N-methyl/N-ethyl adjacent to an activating group) is 1. The summed E-state index contributed by atoms with van der Waals surface area (Å²) in [7, 11) is 1.90. The van der Waals surface area contributed by atoms with Crippen LogP contribution in [-0.2, 0) is 4.79 Å². The highest BCUT2D eigenvalue weighted by atomic mass is 16.3. The number of carbonyl (C=O) groups is 1. The topological polar surface area (TPSA) is 67.6 Å². The summed E-state index contributed by atoms with van der Waals surface area (Å²) < 4.78 is 0. The van der Waals surface area contributed by atoms with Crippen LogP contribution >= 0.6 is 0 Å². The molecule has 0 radical (unpaired) electrons. The van der Waals surface area contributed by atoms with Crippen LogP contribution in [0.25, 0.3) is 0 Å². The Morgan fingerprint density at radius 2 is 2.05 bits per heavy atom. The van der Waals surface area contributed by atoms with Crippen molar-refractivity contribution in [3.05, 3.63) is 29.8 Å². The lowest BCUT2D eigenvalue weighted by atomic mass is 10.1. The number of nitrogens with zero attached hydrogens (tertiary/aromatic N) is 3. The van der Waals surface area contributed by atoms with E-state index in [-0.39, 0.29) is 18.6 Å².